The average molecular weight is 250 g/mol. The fourth-order valence-electron chi connectivity index (χ4n) is 2.07. The largest absolute Gasteiger partial charge is 0.392 e. The lowest BCUT2D eigenvalue weighted by atomic mass is 10.2. The second kappa shape index (κ2) is 7.37. The quantitative estimate of drug-likeness (QED) is 0.754. The Hall–Kier alpha value is -1.09. The molecule has 0 bridgehead atoms. The van der Waals surface area contributed by atoms with Gasteiger partial charge in [-0.25, -0.2) is 4.98 Å². The molecule has 1 N–H and O–H groups in total. The van der Waals surface area contributed by atoms with Crippen LogP contribution in [-0.4, -0.2) is 22.7 Å². The van der Waals surface area contributed by atoms with Gasteiger partial charge >= 0.3 is 0 Å². The maximum absolute atomic E-state index is 9.18. The number of pyridine rings is 1. The summed E-state index contributed by atoms with van der Waals surface area (Å²) in [6.07, 6.45) is 3.70. The number of aryl methyl sites for hydroxylation is 1. The molecule has 0 aliphatic heterocycles. The number of hydrogen-bond acceptors (Lipinski definition) is 3. The summed E-state index contributed by atoms with van der Waals surface area (Å²) in [6.45, 7) is 9.69. The number of anilines is 1. The highest BCUT2D eigenvalue weighted by atomic mass is 16.3. The molecule has 0 radical (unpaired) electrons. The van der Waals surface area contributed by atoms with E-state index in [1.54, 1.807) is 0 Å². The van der Waals surface area contributed by atoms with E-state index in [4.69, 9.17) is 0 Å². The van der Waals surface area contributed by atoms with Crippen molar-refractivity contribution in [2.24, 2.45) is 0 Å². The molecular weight excluding hydrogens is 224 g/mol. The van der Waals surface area contributed by atoms with Gasteiger partial charge in [0.1, 0.15) is 5.82 Å². The highest BCUT2D eigenvalue weighted by Gasteiger charge is 2.12. The molecule has 0 aromatic carbocycles. The van der Waals surface area contributed by atoms with Crippen molar-refractivity contribution >= 4 is 5.82 Å². The predicted octanol–water partition coefficient (Wildman–Crippen LogP) is 3.29. The van der Waals surface area contributed by atoms with Crippen molar-refractivity contribution in [3.63, 3.8) is 0 Å². The van der Waals surface area contributed by atoms with E-state index >= 15 is 0 Å². The molecule has 102 valence electrons. The summed E-state index contributed by atoms with van der Waals surface area (Å²) < 4.78 is 0. The Labute approximate surface area is 111 Å². The van der Waals surface area contributed by atoms with Crippen LogP contribution in [0.15, 0.2) is 12.1 Å². The molecule has 0 aliphatic rings. The average Bonchev–Trinajstić information content (AvgIpc) is 2.34. The van der Waals surface area contributed by atoms with Crippen LogP contribution in [0.4, 0.5) is 5.82 Å². The summed E-state index contributed by atoms with van der Waals surface area (Å²) in [5, 5.41) is 9.18. The molecule has 3 heteroatoms. The van der Waals surface area contributed by atoms with Crippen molar-refractivity contribution in [1.29, 1.82) is 0 Å². The molecule has 18 heavy (non-hydrogen) atoms. The summed E-state index contributed by atoms with van der Waals surface area (Å²) >= 11 is 0. The Balaban J connectivity index is 2.82. The van der Waals surface area contributed by atoms with Crippen LogP contribution in [0.2, 0.25) is 0 Å². The topological polar surface area (TPSA) is 36.4 Å². The molecule has 0 aliphatic carbocycles. The number of unbranched alkanes of at least 4 members (excludes halogenated alkanes) is 2. The highest BCUT2D eigenvalue weighted by molar-refractivity contribution is 5.42. The number of nitrogens with zero attached hydrogens (tertiary/aromatic N) is 2. The second-order valence-corrected chi connectivity index (χ2v) is 5.07. The summed E-state index contributed by atoms with van der Waals surface area (Å²) in [7, 11) is 0. The molecule has 1 heterocycles. The lowest BCUT2D eigenvalue weighted by molar-refractivity contribution is 0.280. The van der Waals surface area contributed by atoms with Crippen LogP contribution in [0.1, 0.15) is 51.3 Å². The molecule has 0 spiro atoms. The van der Waals surface area contributed by atoms with Crippen molar-refractivity contribution in [3.05, 3.63) is 23.4 Å². The first kappa shape index (κ1) is 15.0. The number of aromatic nitrogens is 1. The van der Waals surface area contributed by atoms with E-state index in [0.717, 1.165) is 23.6 Å². The van der Waals surface area contributed by atoms with Crippen molar-refractivity contribution in [2.45, 2.75) is 59.6 Å². The van der Waals surface area contributed by atoms with E-state index < -0.39 is 0 Å². The molecule has 0 unspecified atom stereocenters. The Bertz CT molecular complexity index is 364. The zero-order valence-electron chi connectivity index (χ0n) is 12.1. The van der Waals surface area contributed by atoms with Crippen LogP contribution in [0.3, 0.4) is 0 Å². The van der Waals surface area contributed by atoms with Gasteiger partial charge in [0.25, 0.3) is 0 Å². The molecule has 0 saturated carbocycles. The minimum absolute atomic E-state index is 0.0661. The van der Waals surface area contributed by atoms with Gasteiger partial charge in [-0.1, -0.05) is 25.8 Å². The number of aliphatic hydroxyl groups is 1. The smallest absolute Gasteiger partial charge is 0.129 e. The first-order chi connectivity index (χ1) is 8.60. The van der Waals surface area contributed by atoms with E-state index in [1.165, 1.54) is 19.3 Å². The monoisotopic (exact) mass is 250 g/mol. The predicted molar refractivity (Wildman–Crippen MR) is 76.9 cm³/mol. The minimum atomic E-state index is 0.0661. The van der Waals surface area contributed by atoms with Gasteiger partial charge in [-0.15, -0.1) is 0 Å². The van der Waals surface area contributed by atoms with Crippen LogP contribution in [0, 0.1) is 6.92 Å². The lowest BCUT2D eigenvalue weighted by Crippen LogP contribution is -2.32. The van der Waals surface area contributed by atoms with E-state index in [-0.39, 0.29) is 6.61 Å². The van der Waals surface area contributed by atoms with Gasteiger partial charge in [0.15, 0.2) is 0 Å². The Morgan fingerprint density at radius 1 is 1.28 bits per heavy atom. The molecular formula is C15H26N2O. The fraction of sp³-hybridized carbons (Fsp3) is 0.667. The van der Waals surface area contributed by atoms with Crippen LogP contribution < -0.4 is 4.90 Å². The minimum Gasteiger partial charge on any atom is -0.392 e. The van der Waals surface area contributed by atoms with Gasteiger partial charge < -0.3 is 10.0 Å². The van der Waals surface area contributed by atoms with Crippen molar-refractivity contribution in [2.75, 3.05) is 11.4 Å². The molecule has 0 fully saturated rings. The van der Waals surface area contributed by atoms with Gasteiger partial charge in [0.05, 0.1) is 6.61 Å². The zero-order valence-corrected chi connectivity index (χ0v) is 12.1. The zero-order chi connectivity index (χ0) is 13.5. The molecule has 0 amide bonds. The molecule has 0 atom stereocenters. The first-order valence-corrected chi connectivity index (χ1v) is 6.94. The summed E-state index contributed by atoms with van der Waals surface area (Å²) in [5.41, 5.74) is 1.84. The van der Waals surface area contributed by atoms with Crippen LogP contribution in [0.5, 0.6) is 0 Å². The third-order valence-electron chi connectivity index (χ3n) is 3.27. The standard InChI is InChI=1S/C15H26N2O/c1-5-6-7-10-17(12(2)3)15-9-8-14(11-18)13(4)16-15/h8-9,12,18H,5-7,10-11H2,1-4H3. The SMILES string of the molecule is CCCCCN(c1ccc(CO)c(C)n1)C(C)C. The molecule has 3 nitrogen and oxygen atoms in total. The van der Waals surface area contributed by atoms with Gasteiger partial charge in [-0.2, -0.15) is 0 Å². The summed E-state index contributed by atoms with van der Waals surface area (Å²) in [6, 6.07) is 4.45. The van der Waals surface area contributed by atoms with Gasteiger partial charge in [0.2, 0.25) is 0 Å². The normalized spacial score (nSPS) is 11.0. The Kier molecular flexibility index (Phi) is 6.13. The summed E-state index contributed by atoms with van der Waals surface area (Å²) in [4.78, 5) is 6.95. The van der Waals surface area contributed by atoms with Crippen molar-refractivity contribution < 1.29 is 5.11 Å². The fourth-order valence-corrected chi connectivity index (χ4v) is 2.07. The van der Waals surface area contributed by atoms with Gasteiger partial charge in [-0.3, -0.25) is 0 Å². The second-order valence-electron chi connectivity index (χ2n) is 5.07. The summed E-state index contributed by atoms with van der Waals surface area (Å²) in [5.74, 6) is 1.02. The van der Waals surface area contributed by atoms with Crippen LogP contribution in [0.25, 0.3) is 0 Å². The Morgan fingerprint density at radius 3 is 2.50 bits per heavy atom. The highest BCUT2D eigenvalue weighted by Crippen LogP contribution is 2.18. The third-order valence-corrected chi connectivity index (χ3v) is 3.27. The number of aliphatic hydroxyl groups excluding tert-OH is 1. The van der Waals surface area contributed by atoms with E-state index in [2.05, 4.69) is 30.7 Å². The number of rotatable bonds is 7. The molecule has 0 saturated heterocycles. The van der Waals surface area contributed by atoms with E-state index in [1.807, 2.05) is 19.1 Å². The van der Waals surface area contributed by atoms with Gasteiger partial charge in [-0.05, 0) is 38.8 Å². The van der Waals surface area contributed by atoms with Crippen LogP contribution >= 0.6 is 0 Å². The first-order valence-electron chi connectivity index (χ1n) is 6.94. The van der Waals surface area contributed by atoms with Crippen molar-refractivity contribution in [1.82, 2.24) is 4.98 Å². The van der Waals surface area contributed by atoms with Crippen molar-refractivity contribution in [3.8, 4) is 0 Å². The molecule has 1 aromatic rings. The van der Waals surface area contributed by atoms with E-state index in [9.17, 15) is 5.11 Å². The van der Waals surface area contributed by atoms with Gasteiger partial charge in [0, 0.05) is 18.3 Å². The maximum atomic E-state index is 9.18. The molecule has 1 aromatic heterocycles. The third kappa shape index (κ3) is 3.98. The maximum Gasteiger partial charge on any atom is 0.129 e. The number of hydrogen-bond donors (Lipinski definition) is 1. The van der Waals surface area contributed by atoms with E-state index in [0.29, 0.717) is 6.04 Å². The Morgan fingerprint density at radius 2 is 2.00 bits per heavy atom. The lowest BCUT2D eigenvalue weighted by Gasteiger charge is -2.28. The van der Waals surface area contributed by atoms with Crippen LogP contribution in [-0.2, 0) is 6.61 Å². The molecule has 1 rings (SSSR count).